The van der Waals surface area contributed by atoms with Crippen LogP contribution in [0.2, 0.25) is 0 Å². The predicted molar refractivity (Wildman–Crippen MR) is 137 cm³/mol. The Kier molecular flexibility index (Phi) is 8.21. The zero-order valence-electron chi connectivity index (χ0n) is 20.1. The molecule has 0 aliphatic carbocycles. The van der Waals surface area contributed by atoms with E-state index < -0.39 is 9.84 Å². The molecule has 3 aromatic carbocycles. The first-order valence-electron chi connectivity index (χ1n) is 11.9. The molecule has 0 aromatic heterocycles. The first kappa shape index (κ1) is 24.9. The van der Waals surface area contributed by atoms with Gasteiger partial charge in [-0.05, 0) is 47.4 Å². The van der Waals surface area contributed by atoms with Gasteiger partial charge in [-0.2, -0.15) is 0 Å². The summed E-state index contributed by atoms with van der Waals surface area (Å²) < 4.78 is 29.1. The van der Waals surface area contributed by atoms with E-state index in [0.29, 0.717) is 24.5 Å². The third-order valence-corrected chi connectivity index (χ3v) is 7.35. The van der Waals surface area contributed by atoms with Crippen molar-refractivity contribution in [2.45, 2.75) is 30.9 Å². The minimum atomic E-state index is -3.18. The quantitative estimate of drug-likeness (QED) is 0.476. The highest BCUT2D eigenvalue weighted by atomic mass is 32.2. The fourth-order valence-corrected chi connectivity index (χ4v) is 4.84. The Morgan fingerprint density at radius 1 is 0.800 bits per heavy atom. The largest absolute Gasteiger partial charge is 0.489 e. The van der Waals surface area contributed by atoms with E-state index in [1.54, 1.807) is 12.1 Å². The standard InChI is InChI=1S/C28H32N2O4S/c1-35(32,33)27-14-10-24(11-15-27)21-29-16-5-17-30(19-18-29)28(31)20-23-8-12-26(13-9-23)34-22-25-6-3-2-4-7-25/h2-4,6-15H,5,16-22H2,1H3. The van der Waals surface area contributed by atoms with Crippen LogP contribution in [0.5, 0.6) is 5.75 Å². The lowest BCUT2D eigenvalue weighted by molar-refractivity contribution is -0.130. The number of rotatable bonds is 8. The molecule has 1 aliphatic heterocycles. The van der Waals surface area contributed by atoms with Gasteiger partial charge in [-0.15, -0.1) is 0 Å². The van der Waals surface area contributed by atoms with E-state index in [-0.39, 0.29) is 5.91 Å². The van der Waals surface area contributed by atoms with Gasteiger partial charge < -0.3 is 9.64 Å². The van der Waals surface area contributed by atoms with Crippen LogP contribution in [0.15, 0.2) is 83.8 Å². The molecule has 184 valence electrons. The highest BCUT2D eigenvalue weighted by molar-refractivity contribution is 7.90. The molecule has 7 heteroatoms. The Morgan fingerprint density at radius 3 is 2.17 bits per heavy atom. The van der Waals surface area contributed by atoms with Crippen molar-refractivity contribution >= 4 is 15.7 Å². The molecule has 1 fully saturated rings. The van der Waals surface area contributed by atoms with Crippen LogP contribution in [0, 0.1) is 0 Å². The van der Waals surface area contributed by atoms with E-state index in [2.05, 4.69) is 4.90 Å². The Morgan fingerprint density at radius 2 is 1.49 bits per heavy atom. The van der Waals surface area contributed by atoms with Crippen molar-refractivity contribution in [1.82, 2.24) is 9.80 Å². The molecule has 0 N–H and O–H groups in total. The van der Waals surface area contributed by atoms with Crippen molar-refractivity contribution in [3.05, 3.63) is 95.6 Å². The first-order valence-corrected chi connectivity index (χ1v) is 13.8. The molecule has 1 amide bonds. The molecule has 1 heterocycles. The molecular formula is C28H32N2O4S. The lowest BCUT2D eigenvalue weighted by Gasteiger charge is -2.22. The van der Waals surface area contributed by atoms with Crippen molar-refractivity contribution < 1.29 is 17.9 Å². The van der Waals surface area contributed by atoms with Gasteiger partial charge in [0.25, 0.3) is 0 Å². The predicted octanol–water partition coefficient (Wildman–Crippen LogP) is 3.95. The summed E-state index contributed by atoms with van der Waals surface area (Å²) in [4.78, 5) is 17.5. The molecule has 6 nitrogen and oxygen atoms in total. The lowest BCUT2D eigenvalue weighted by atomic mass is 10.1. The van der Waals surface area contributed by atoms with Gasteiger partial charge in [0, 0.05) is 39.0 Å². The summed E-state index contributed by atoms with van der Waals surface area (Å²) in [6.45, 7) is 4.41. The second-order valence-corrected chi connectivity index (χ2v) is 11.0. The van der Waals surface area contributed by atoms with Gasteiger partial charge in [0.2, 0.25) is 5.91 Å². The van der Waals surface area contributed by atoms with E-state index in [4.69, 9.17) is 4.74 Å². The van der Waals surface area contributed by atoms with Gasteiger partial charge in [-0.1, -0.05) is 54.6 Å². The molecule has 0 spiro atoms. The zero-order valence-corrected chi connectivity index (χ0v) is 20.9. The number of benzene rings is 3. The summed E-state index contributed by atoms with van der Waals surface area (Å²) in [5, 5.41) is 0. The average molecular weight is 493 g/mol. The maximum absolute atomic E-state index is 12.9. The number of carbonyl (C=O) groups excluding carboxylic acids is 1. The number of ether oxygens (including phenoxy) is 1. The Labute approximate surface area is 208 Å². The van der Waals surface area contributed by atoms with E-state index in [1.807, 2.05) is 71.6 Å². The van der Waals surface area contributed by atoms with Gasteiger partial charge in [-0.25, -0.2) is 8.42 Å². The molecular weight excluding hydrogens is 460 g/mol. The van der Waals surface area contributed by atoms with Crippen molar-refractivity contribution in [3.8, 4) is 5.75 Å². The van der Waals surface area contributed by atoms with Crippen molar-refractivity contribution in [1.29, 1.82) is 0 Å². The van der Waals surface area contributed by atoms with Gasteiger partial charge >= 0.3 is 0 Å². The molecule has 3 aromatic rings. The zero-order chi connectivity index (χ0) is 24.7. The Hall–Kier alpha value is -3.16. The maximum Gasteiger partial charge on any atom is 0.227 e. The number of amides is 1. The van der Waals surface area contributed by atoms with E-state index >= 15 is 0 Å². The summed E-state index contributed by atoms with van der Waals surface area (Å²) in [6, 6.07) is 24.9. The van der Waals surface area contributed by atoms with Crippen LogP contribution in [0.3, 0.4) is 0 Å². The summed E-state index contributed by atoms with van der Waals surface area (Å²) in [5.41, 5.74) is 3.17. The second-order valence-electron chi connectivity index (χ2n) is 9.02. The topological polar surface area (TPSA) is 66.9 Å². The number of carbonyl (C=O) groups is 1. The third-order valence-electron chi connectivity index (χ3n) is 6.23. The number of hydrogen-bond acceptors (Lipinski definition) is 5. The SMILES string of the molecule is CS(=O)(=O)c1ccc(CN2CCCN(C(=O)Cc3ccc(OCc4ccccc4)cc3)CC2)cc1. The highest BCUT2D eigenvalue weighted by Gasteiger charge is 2.19. The highest BCUT2D eigenvalue weighted by Crippen LogP contribution is 2.17. The average Bonchev–Trinajstić information content (AvgIpc) is 3.10. The lowest BCUT2D eigenvalue weighted by Crippen LogP contribution is -2.36. The van der Waals surface area contributed by atoms with Crippen LogP contribution in [0.4, 0.5) is 0 Å². The number of sulfone groups is 1. The summed E-state index contributed by atoms with van der Waals surface area (Å²) in [7, 11) is -3.18. The van der Waals surface area contributed by atoms with E-state index in [1.165, 1.54) is 6.26 Å². The first-order chi connectivity index (χ1) is 16.9. The van der Waals surface area contributed by atoms with Crippen LogP contribution in [0.1, 0.15) is 23.1 Å². The molecule has 1 saturated heterocycles. The smallest absolute Gasteiger partial charge is 0.227 e. The van der Waals surface area contributed by atoms with Gasteiger partial charge in [0.15, 0.2) is 9.84 Å². The molecule has 4 rings (SSSR count). The molecule has 0 unspecified atom stereocenters. The molecule has 0 radical (unpaired) electrons. The fraction of sp³-hybridized carbons (Fsp3) is 0.321. The Bertz CT molecular complexity index is 1210. The number of nitrogens with zero attached hydrogens (tertiary/aromatic N) is 2. The molecule has 0 atom stereocenters. The second kappa shape index (κ2) is 11.5. The third kappa shape index (κ3) is 7.41. The van der Waals surface area contributed by atoms with Crippen LogP contribution in [0.25, 0.3) is 0 Å². The normalized spacial score (nSPS) is 14.9. The van der Waals surface area contributed by atoms with Crippen LogP contribution < -0.4 is 4.74 Å². The van der Waals surface area contributed by atoms with Crippen molar-refractivity contribution in [3.63, 3.8) is 0 Å². The van der Waals surface area contributed by atoms with Crippen molar-refractivity contribution in [2.24, 2.45) is 0 Å². The van der Waals surface area contributed by atoms with Gasteiger partial charge in [0.05, 0.1) is 11.3 Å². The fourth-order valence-electron chi connectivity index (χ4n) is 4.21. The summed E-state index contributed by atoms with van der Waals surface area (Å²) >= 11 is 0. The van der Waals surface area contributed by atoms with Crippen molar-refractivity contribution in [2.75, 3.05) is 32.4 Å². The molecule has 1 aliphatic rings. The van der Waals surface area contributed by atoms with E-state index in [9.17, 15) is 13.2 Å². The molecule has 35 heavy (non-hydrogen) atoms. The monoisotopic (exact) mass is 492 g/mol. The van der Waals surface area contributed by atoms with Gasteiger partial charge in [0.1, 0.15) is 12.4 Å². The molecule has 0 bridgehead atoms. The maximum atomic E-state index is 12.9. The minimum absolute atomic E-state index is 0.141. The van der Waals surface area contributed by atoms with Crippen LogP contribution in [-0.4, -0.2) is 56.6 Å². The minimum Gasteiger partial charge on any atom is -0.489 e. The number of hydrogen-bond donors (Lipinski definition) is 0. The van der Waals surface area contributed by atoms with Crippen LogP contribution in [-0.2, 0) is 34.2 Å². The molecule has 0 saturated carbocycles. The summed E-state index contributed by atoms with van der Waals surface area (Å²) in [6.07, 6.45) is 2.52. The van der Waals surface area contributed by atoms with E-state index in [0.717, 1.165) is 55.0 Å². The summed E-state index contributed by atoms with van der Waals surface area (Å²) in [5.74, 6) is 0.933. The van der Waals surface area contributed by atoms with Gasteiger partial charge in [-0.3, -0.25) is 9.69 Å². The van der Waals surface area contributed by atoms with Crippen LogP contribution >= 0.6 is 0 Å². The Balaban J connectivity index is 1.25.